The minimum atomic E-state index is -0.328. The van der Waals surface area contributed by atoms with Crippen LogP contribution in [0.25, 0.3) is 5.52 Å². The van der Waals surface area contributed by atoms with Crippen molar-refractivity contribution >= 4 is 33.4 Å². The molecule has 0 saturated carbocycles. The van der Waals surface area contributed by atoms with Crippen molar-refractivity contribution in [2.45, 2.75) is 39.3 Å². The van der Waals surface area contributed by atoms with Crippen molar-refractivity contribution in [1.82, 2.24) is 19.3 Å². The highest BCUT2D eigenvalue weighted by molar-refractivity contribution is 9.10. The Morgan fingerprint density at radius 2 is 2.07 bits per heavy atom. The number of rotatable bonds is 3. The third kappa shape index (κ3) is 3.96. The first-order valence-electron chi connectivity index (χ1n) is 9.40. The number of benzene rings is 1. The van der Waals surface area contributed by atoms with Crippen LogP contribution in [-0.4, -0.2) is 31.9 Å². The molecule has 2 N–H and O–H groups in total. The smallest absolute Gasteiger partial charge is 0.410 e. The fourth-order valence-electron chi connectivity index (χ4n) is 3.33. The average molecular weight is 446 g/mol. The van der Waals surface area contributed by atoms with E-state index in [0.29, 0.717) is 22.5 Å². The molecule has 28 heavy (non-hydrogen) atoms. The van der Waals surface area contributed by atoms with Crippen molar-refractivity contribution in [2.24, 2.45) is 0 Å². The summed E-state index contributed by atoms with van der Waals surface area (Å²) in [5.41, 5.74) is 7.65. The molecule has 0 aliphatic carbocycles. The number of ether oxygens (including phenoxy) is 1. The van der Waals surface area contributed by atoms with E-state index in [1.165, 1.54) is 0 Å². The highest BCUT2D eigenvalue weighted by Crippen LogP contribution is 2.35. The number of carbonyl (C=O) groups is 1. The van der Waals surface area contributed by atoms with Gasteiger partial charge in [0.05, 0.1) is 6.04 Å². The number of halogens is 1. The first kappa shape index (κ1) is 20.1. The lowest BCUT2D eigenvalue weighted by Crippen LogP contribution is -2.32. The summed E-state index contributed by atoms with van der Waals surface area (Å²) in [5.74, 6) is 1.16. The largest absolute Gasteiger partial charge is 0.445 e. The molecule has 8 heteroatoms. The zero-order valence-corrected chi connectivity index (χ0v) is 17.6. The van der Waals surface area contributed by atoms with Crippen molar-refractivity contribution in [1.29, 1.82) is 0 Å². The Hall–Kier alpha value is -2.61. The maximum atomic E-state index is 12.6. The first-order valence-corrected chi connectivity index (χ1v) is 10.2. The molecule has 1 saturated heterocycles. The van der Waals surface area contributed by atoms with Gasteiger partial charge in [0.25, 0.3) is 0 Å². The number of fused-ring (bicyclic) bond motifs is 1. The Morgan fingerprint density at radius 1 is 1.32 bits per heavy atom. The van der Waals surface area contributed by atoms with Crippen LogP contribution in [0.4, 0.5) is 10.6 Å². The summed E-state index contributed by atoms with van der Waals surface area (Å²) < 4.78 is 8.02. The molecular weight excluding hydrogens is 422 g/mol. The zero-order valence-electron chi connectivity index (χ0n) is 16.0. The summed E-state index contributed by atoms with van der Waals surface area (Å²) in [5, 5.41) is 0. The molecule has 0 radical (unpaired) electrons. The van der Waals surface area contributed by atoms with E-state index < -0.39 is 0 Å². The molecule has 1 aliphatic rings. The van der Waals surface area contributed by atoms with Crippen LogP contribution >= 0.6 is 15.9 Å². The maximum Gasteiger partial charge on any atom is 0.410 e. The molecule has 148 valence electrons. The van der Waals surface area contributed by atoms with Gasteiger partial charge >= 0.3 is 6.09 Å². The zero-order chi connectivity index (χ0) is 20.1. The molecule has 0 spiro atoms. The van der Waals surface area contributed by atoms with Crippen molar-refractivity contribution in [3.05, 3.63) is 58.7 Å². The van der Waals surface area contributed by atoms with E-state index >= 15 is 0 Å². The van der Waals surface area contributed by atoms with Gasteiger partial charge in [-0.3, -0.25) is 9.30 Å². The average Bonchev–Trinajstić information content (AvgIpc) is 3.34. The molecule has 1 aromatic carbocycles. The molecule has 1 fully saturated rings. The maximum absolute atomic E-state index is 12.6. The molecule has 2 aromatic heterocycles. The predicted molar refractivity (Wildman–Crippen MR) is 112 cm³/mol. The molecule has 4 rings (SSSR count). The molecule has 3 aromatic rings. The van der Waals surface area contributed by atoms with Gasteiger partial charge in [-0.05, 0) is 34.3 Å². The second-order valence-corrected chi connectivity index (χ2v) is 6.93. The number of nitrogen functional groups attached to an aromatic ring is 1. The fourth-order valence-corrected chi connectivity index (χ4v) is 3.91. The lowest BCUT2D eigenvalue weighted by molar-refractivity contribution is 0.0908. The molecule has 1 unspecified atom stereocenters. The number of carbonyl (C=O) groups excluding carboxylic acids is 1. The second-order valence-electron chi connectivity index (χ2n) is 6.18. The van der Waals surface area contributed by atoms with E-state index in [1.807, 2.05) is 54.8 Å². The van der Waals surface area contributed by atoms with E-state index in [2.05, 4.69) is 25.9 Å². The minimum Gasteiger partial charge on any atom is -0.445 e. The Bertz CT molecular complexity index is 944. The standard InChI is InChI=1S/C18H18BrN5O2.C2H6/c19-15-14-16(20)21-8-10-24(14)17(22-15)13-7-4-9-23(13)18(25)26-11-12-5-2-1-3-6-12;1-2/h1-3,5-6,8,10,13H,4,7,9,11H2,(H2,20,21);1-2H3. The molecule has 1 aliphatic heterocycles. The molecule has 0 bridgehead atoms. The summed E-state index contributed by atoms with van der Waals surface area (Å²) in [7, 11) is 0. The number of hydrogen-bond acceptors (Lipinski definition) is 5. The van der Waals surface area contributed by atoms with Crippen LogP contribution in [0.5, 0.6) is 0 Å². The van der Waals surface area contributed by atoms with Crippen molar-refractivity contribution < 1.29 is 9.53 Å². The normalized spacial score (nSPS) is 16.0. The SMILES string of the molecule is CC.Nc1nccn2c(C3CCCN3C(=O)OCc3ccccc3)nc(Br)c12. The topological polar surface area (TPSA) is 85.8 Å². The number of nitrogens with two attached hydrogens (primary N) is 1. The second kappa shape index (κ2) is 9.05. The lowest BCUT2D eigenvalue weighted by Gasteiger charge is -2.23. The number of likely N-dealkylation sites (tertiary alicyclic amines) is 1. The lowest BCUT2D eigenvalue weighted by atomic mass is 10.2. The molecule has 1 atom stereocenters. The third-order valence-corrected chi connectivity index (χ3v) is 5.11. The summed E-state index contributed by atoms with van der Waals surface area (Å²) in [4.78, 5) is 23.1. The molecule has 3 heterocycles. The minimum absolute atomic E-state index is 0.154. The van der Waals surface area contributed by atoms with Gasteiger partial charge in [0, 0.05) is 18.9 Å². The Balaban J connectivity index is 0.00000109. The predicted octanol–water partition coefficient (Wildman–Crippen LogP) is 4.57. The number of anilines is 1. The number of aromatic nitrogens is 3. The third-order valence-electron chi connectivity index (χ3n) is 4.56. The van der Waals surface area contributed by atoms with Crippen LogP contribution in [0.1, 0.15) is 44.1 Å². The molecule has 1 amide bonds. The van der Waals surface area contributed by atoms with Gasteiger partial charge in [0.2, 0.25) is 0 Å². The summed E-state index contributed by atoms with van der Waals surface area (Å²) in [6.45, 7) is 4.90. The summed E-state index contributed by atoms with van der Waals surface area (Å²) in [6.07, 6.45) is 4.84. The van der Waals surface area contributed by atoms with Crippen LogP contribution in [0.3, 0.4) is 0 Å². The van der Waals surface area contributed by atoms with Gasteiger partial charge in [-0.2, -0.15) is 0 Å². The number of nitrogens with zero attached hydrogens (tertiary/aromatic N) is 4. The van der Waals surface area contributed by atoms with E-state index in [9.17, 15) is 4.79 Å². The van der Waals surface area contributed by atoms with Crippen LogP contribution in [0, 0.1) is 0 Å². The number of amides is 1. The van der Waals surface area contributed by atoms with Crippen LogP contribution in [0.15, 0.2) is 47.3 Å². The molecular formula is C20H24BrN5O2. The van der Waals surface area contributed by atoms with Gasteiger partial charge in [-0.15, -0.1) is 0 Å². The van der Waals surface area contributed by atoms with Crippen LogP contribution < -0.4 is 5.73 Å². The van der Waals surface area contributed by atoms with Gasteiger partial charge in [0.1, 0.15) is 22.6 Å². The Morgan fingerprint density at radius 3 is 2.82 bits per heavy atom. The van der Waals surface area contributed by atoms with E-state index in [0.717, 1.165) is 24.2 Å². The Labute approximate surface area is 172 Å². The fraction of sp³-hybridized carbons (Fsp3) is 0.350. The van der Waals surface area contributed by atoms with Crippen molar-refractivity contribution in [3.63, 3.8) is 0 Å². The first-order chi connectivity index (χ1) is 13.6. The van der Waals surface area contributed by atoms with Gasteiger partial charge in [-0.1, -0.05) is 44.2 Å². The van der Waals surface area contributed by atoms with Gasteiger partial charge in [0.15, 0.2) is 5.82 Å². The molecule has 7 nitrogen and oxygen atoms in total. The number of imidazole rings is 1. The Kier molecular flexibility index (Phi) is 6.51. The van der Waals surface area contributed by atoms with Gasteiger partial charge < -0.3 is 10.5 Å². The van der Waals surface area contributed by atoms with Gasteiger partial charge in [-0.25, -0.2) is 14.8 Å². The van der Waals surface area contributed by atoms with Crippen LogP contribution in [0.2, 0.25) is 0 Å². The monoisotopic (exact) mass is 445 g/mol. The van der Waals surface area contributed by atoms with Crippen molar-refractivity contribution in [3.8, 4) is 0 Å². The summed E-state index contributed by atoms with van der Waals surface area (Å²) >= 11 is 3.45. The summed E-state index contributed by atoms with van der Waals surface area (Å²) in [6, 6.07) is 9.50. The highest BCUT2D eigenvalue weighted by atomic mass is 79.9. The number of hydrogen-bond donors (Lipinski definition) is 1. The van der Waals surface area contributed by atoms with E-state index in [-0.39, 0.29) is 18.7 Å². The quantitative estimate of drug-likeness (QED) is 0.637. The van der Waals surface area contributed by atoms with Crippen LogP contribution in [-0.2, 0) is 11.3 Å². The van der Waals surface area contributed by atoms with E-state index in [4.69, 9.17) is 10.5 Å². The van der Waals surface area contributed by atoms with Crippen molar-refractivity contribution in [2.75, 3.05) is 12.3 Å². The van der Waals surface area contributed by atoms with E-state index in [1.54, 1.807) is 11.1 Å². The highest BCUT2D eigenvalue weighted by Gasteiger charge is 2.34.